The number of nitrogens with two attached hydrogens (primary N) is 1. The number of ether oxygens (including phenoxy) is 1. The third-order valence-corrected chi connectivity index (χ3v) is 3.84. The molecule has 3 nitrogen and oxygen atoms in total. The molecule has 4 heteroatoms. The second kappa shape index (κ2) is 5.45. The Morgan fingerprint density at radius 1 is 1.47 bits per heavy atom. The molecule has 0 aromatic carbocycles. The molecule has 0 spiro atoms. The van der Waals surface area contributed by atoms with Gasteiger partial charge in [0.05, 0.1) is 6.10 Å². The highest BCUT2D eigenvalue weighted by molar-refractivity contribution is 7.80. The van der Waals surface area contributed by atoms with Crippen molar-refractivity contribution in [2.45, 2.75) is 46.1 Å². The van der Waals surface area contributed by atoms with Crippen molar-refractivity contribution in [3.8, 4) is 5.75 Å². The largest absolute Gasteiger partial charge is 0.490 e. The predicted octanol–water partition coefficient (Wildman–Crippen LogP) is 3.31. The molecule has 0 bridgehead atoms. The summed E-state index contributed by atoms with van der Waals surface area (Å²) in [5.41, 5.74) is 6.56. The zero-order valence-electron chi connectivity index (χ0n) is 11.8. The van der Waals surface area contributed by atoms with Crippen LogP contribution in [0.5, 0.6) is 5.75 Å². The third kappa shape index (κ3) is 3.90. The van der Waals surface area contributed by atoms with E-state index in [1.54, 1.807) is 6.20 Å². The Balaban J connectivity index is 2.08. The van der Waals surface area contributed by atoms with Crippen LogP contribution in [0.4, 0.5) is 0 Å². The van der Waals surface area contributed by atoms with Crippen molar-refractivity contribution in [1.29, 1.82) is 0 Å². The normalized spacial score (nSPS) is 25.8. The summed E-state index contributed by atoms with van der Waals surface area (Å²) in [5, 5.41) is 0. The number of hydrogen-bond donors (Lipinski definition) is 1. The highest BCUT2D eigenvalue weighted by Gasteiger charge is 2.33. The van der Waals surface area contributed by atoms with Gasteiger partial charge in [-0.3, -0.25) is 4.98 Å². The molecule has 1 heterocycles. The lowest BCUT2D eigenvalue weighted by Crippen LogP contribution is -2.34. The second-order valence-corrected chi connectivity index (χ2v) is 6.83. The third-order valence-electron chi connectivity index (χ3n) is 3.63. The van der Waals surface area contributed by atoms with Crippen molar-refractivity contribution in [3.63, 3.8) is 0 Å². The van der Waals surface area contributed by atoms with Gasteiger partial charge in [-0.15, -0.1) is 0 Å². The molecule has 2 atom stereocenters. The van der Waals surface area contributed by atoms with Gasteiger partial charge in [-0.1, -0.05) is 33.0 Å². The van der Waals surface area contributed by atoms with Gasteiger partial charge in [-0.05, 0) is 36.7 Å². The fourth-order valence-electron chi connectivity index (χ4n) is 3.16. The van der Waals surface area contributed by atoms with Crippen molar-refractivity contribution in [3.05, 3.63) is 24.0 Å². The molecule has 0 radical (unpaired) electrons. The summed E-state index contributed by atoms with van der Waals surface area (Å²) in [4.78, 5) is 4.44. The Hall–Kier alpha value is -1.16. The standard InChI is InChI=1S/C15H22N2OS/c1-10-6-12(9-15(2,3)8-10)18-11-4-5-17-13(7-11)14(16)19/h4-5,7,10,12H,6,8-9H2,1-3H3,(H2,16,19). The minimum Gasteiger partial charge on any atom is -0.490 e. The SMILES string of the molecule is CC1CC(Oc2ccnc(C(N)=S)c2)CC(C)(C)C1. The summed E-state index contributed by atoms with van der Waals surface area (Å²) >= 11 is 4.94. The molecule has 1 saturated carbocycles. The van der Waals surface area contributed by atoms with Gasteiger partial charge in [0, 0.05) is 12.3 Å². The zero-order chi connectivity index (χ0) is 14.0. The van der Waals surface area contributed by atoms with E-state index in [2.05, 4.69) is 25.8 Å². The molecule has 19 heavy (non-hydrogen) atoms. The molecule has 1 aromatic rings. The lowest BCUT2D eigenvalue weighted by Gasteiger charge is -2.38. The van der Waals surface area contributed by atoms with Gasteiger partial charge in [0.1, 0.15) is 16.4 Å². The van der Waals surface area contributed by atoms with Crippen LogP contribution in [0.15, 0.2) is 18.3 Å². The average Bonchev–Trinajstić information content (AvgIpc) is 2.26. The Bertz CT molecular complexity index is 473. The van der Waals surface area contributed by atoms with Crippen LogP contribution < -0.4 is 10.5 Å². The second-order valence-electron chi connectivity index (χ2n) is 6.39. The number of hydrogen-bond acceptors (Lipinski definition) is 3. The summed E-state index contributed by atoms with van der Waals surface area (Å²) in [5.74, 6) is 1.51. The van der Waals surface area contributed by atoms with Gasteiger partial charge in [-0.2, -0.15) is 0 Å². The first-order chi connectivity index (χ1) is 8.85. The number of aromatic nitrogens is 1. The summed E-state index contributed by atoms with van der Waals surface area (Å²) < 4.78 is 6.10. The van der Waals surface area contributed by atoms with E-state index in [1.807, 2.05) is 12.1 Å². The van der Waals surface area contributed by atoms with E-state index in [0.717, 1.165) is 18.6 Å². The fourth-order valence-corrected chi connectivity index (χ4v) is 3.27. The maximum absolute atomic E-state index is 6.10. The van der Waals surface area contributed by atoms with Crippen LogP contribution in [0.2, 0.25) is 0 Å². The van der Waals surface area contributed by atoms with E-state index < -0.39 is 0 Å². The van der Waals surface area contributed by atoms with Crippen LogP contribution >= 0.6 is 12.2 Å². The Kier molecular flexibility index (Phi) is 4.09. The Morgan fingerprint density at radius 3 is 2.84 bits per heavy atom. The van der Waals surface area contributed by atoms with Gasteiger partial charge in [0.25, 0.3) is 0 Å². The first-order valence-electron chi connectivity index (χ1n) is 6.78. The molecule has 2 N–H and O–H groups in total. The summed E-state index contributed by atoms with van der Waals surface area (Å²) in [6.45, 7) is 6.92. The number of pyridine rings is 1. The average molecular weight is 278 g/mol. The van der Waals surface area contributed by atoms with Crippen molar-refractivity contribution in [2.24, 2.45) is 17.1 Å². The molecule has 2 rings (SSSR count). The molecule has 1 aliphatic rings. The van der Waals surface area contributed by atoms with Crippen LogP contribution in [0.1, 0.15) is 45.7 Å². The molecular formula is C15H22N2OS. The number of nitrogens with zero attached hydrogens (tertiary/aromatic N) is 1. The van der Waals surface area contributed by atoms with Crippen molar-refractivity contribution in [2.75, 3.05) is 0 Å². The molecule has 104 valence electrons. The lowest BCUT2D eigenvalue weighted by atomic mass is 9.71. The minimum absolute atomic E-state index is 0.264. The number of thiocarbonyl (C=S) groups is 1. The van der Waals surface area contributed by atoms with Crippen molar-refractivity contribution < 1.29 is 4.74 Å². The van der Waals surface area contributed by atoms with E-state index in [4.69, 9.17) is 22.7 Å². The van der Waals surface area contributed by atoms with E-state index in [0.29, 0.717) is 22.0 Å². The molecule has 0 aliphatic heterocycles. The maximum atomic E-state index is 6.10. The smallest absolute Gasteiger partial charge is 0.123 e. The molecule has 1 aliphatic carbocycles. The van der Waals surface area contributed by atoms with Crippen LogP contribution in [0.25, 0.3) is 0 Å². The molecule has 0 amide bonds. The monoisotopic (exact) mass is 278 g/mol. The van der Waals surface area contributed by atoms with Gasteiger partial charge in [0.2, 0.25) is 0 Å². The Morgan fingerprint density at radius 2 is 2.21 bits per heavy atom. The maximum Gasteiger partial charge on any atom is 0.123 e. The van der Waals surface area contributed by atoms with E-state index >= 15 is 0 Å². The van der Waals surface area contributed by atoms with Crippen molar-refractivity contribution in [1.82, 2.24) is 4.98 Å². The van der Waals surface area contributed by atoms with Gasteiger partial charge in [0.15, 0.2) is 0 Å². The quantitative estimate of drug-likeness (QED) is 0.862. The summed E-state index contributed by atoms with van der Waals surface area (Å²) in [6, 6.07) is 3.70. The topological polar surface area (TPSA) is 48.1 Å². The predicted molar refractivity (Wildman–Crippen MR) is 81.3 cm³/mol. The molecular weight excluding hydrogens is 256 g/mol. The number of rotatable bonds is 3. The van der Waals surface area contributed by atoms with Crippen LogP contribution in [-0.4, -0.2) is 16.1 Å². The fraction of sp³-hybridized carbons (Fsp3) is 0.600. The molecule has 1 fully saturated rings. The zero-order valence-corrected chi connectivity index (χ0v) is 12.7. The first kappa shape index (κ1) is 14.3. The molecule has 2 unspecified atom stereocenters. The van der Waals surface area contributed by atoms with Gasteiger partial charge in [-0.25, -0.2) is 0 Å². The summed E-state index contributed by atoms with van der Waals surface area (Å²) in [7, 11) is 0. The lowest BCUT2D eigenvalue weighted by molar-refractivity contribution is 0.0562. The Labute approximate surface area is 120 Å². The highest BCUT2D eigenvalue weighted by Crippen LogP contribution is 2.39. The summed E-state index contributed by atoms with van der Waals surface area (Å²) in [6.07, 6.45) is 5.42. The van der Waals surface area contributed by atoms with Gasteiger partial charge < -0.3 is 10.5 Å². The first-order valence-corrected chi connectivity index (χ1v) is 7.19. The van der Waals surface area contributed by atoms with Gasteiger partial charge >= 0.3 is 0 Å². The van der Waals surface area contributed by atoms with E-state index in [1.165, 1.54) is 6.42 Å². The van der Waals surface area contributed by atoms with Crippen LogP contribution in [0.3, 0.4) is 0 Å². The minimum atomic E-state index is 0.264. The molecule has 1 aromatic heterocycles. The molecule has 0 saturated heterocycles. The van der Waals surface area contributed by atoms with E-state index in [-0.39, 0.29) is 6.10 Å². The van der Waals surface area contributed by atoms with Crippen molar-refractivity contribution >= 4 is 17.2 Å². The van der Waals surface area contributed by atoms with Crippen LogP contribution in [-0.2, 0) is 0 Å². The van der Waals surface area contributed by atoms with Crippen LogP contribution in [0, 0.1) is 11.3 Å². The van der Waals surface area contributed by atoms with E-state index in [9.17, 15) is 0 Å². The highest BCUT2D eigenvalue weighted by atomic mass is 32.1.